The van der Waals surface area contributed by atoms with Gasteiger partial charge in [-0.05, 0) is 42.1 Å². The van der Waals surface area contributed by atoms with Crippen molar-refractivity contribution >= 4 is 39.1 Å². The van der Waals surface area contributed by atoms with Crippen LogP contribution in [0.25, 0.3) is 6.08 Å². The smallest absolute Gasteiger partial charge is 0.339 e. The Hall–Kier alpha value is -3.63. The predicted octanol–water partition coefficient (Wildman–Crippen LogP) is 4.84. The molecule has 0 aliphatic carbocycles. The lowest BCUT2D eigenvalue weighted by atomic mass is 10.1. The maximum Gasteiger partial charge on any atom is 0.339 e. The van der Waals surface area contributed by atoms with Crippen molar-refractivity contribution in [1.29, 1.82) is 0 Å². The summed E-state index contributed by atoms with van der Waals surface area (Å²) in [6, 6.07) is 18.1. The van der Waals surface area contributed by atoms with Gasteiger partial charge >= 0.3 is 10.1 Å². The van der Waals surface area contributed by atoms with Gasteiger partial charge in [0.1, 0.15) is 10.7 Å². The summed E-state index contributed by atoms with van der Waals surface area (Å²) < 4.78 is 50.3. The summed E-state index contributed by atoms with van der Waals surface area (Å²) in [7, 11) is -2.85. The Morgan fingerprint density at radius 3 is 2.38 bits per heavy atom. The zero-order valence-electron chi connectivity index (χ0n) is 17.8. The van der Waals surface area contributed by atoms with Gasteiger partial charge in [-0.3, -0.25) is 14.5 Å². The Labute approximate surface area is 199 Å². The molecule has 1 fully saturated rings. The first-order chi connectivity index (χ1) is 16.3. The van der Waals surface area contributed by atoms with Gasteiger partial charge < -0.3 is 8.92 Å². The molecule has 34 heavy (non-hydrogen) atoms. The molecule has 1 aliphatic heterocycles. The number of thioether (sulfide) groups is 1. The highest BCUT2D eigenvalue weighted by Gasteiger charge is 2.36. The molecule has 0 unspecified atom stereocenters. The quantitative estimate of drug-likeness (QED) is 0.339. The zero-order valence-corrected chi connectivity index (χ0v) is 19.4. The number of rotatable bonds is 7. The van der Waals surface area contributed by atoms with E-state index >= 15 is 0 Å². The van der Waals surface area contributed by atoms with E-state index in [4.69, 9.17) is 8.92 Å². The molecule has 0 saturated carbocycles. The molecule has 0 N–H and O–H groups in total. The summed E-state index contributed by atoms with van der Waals surface area (Å²) in [5.41, 5.74) is 0.417. The van der Waals surface area contributed by atoms with Crippen molar-refractivity contribution in [1.82, 2.24) is 4.90 Å². The van der Waals surface area contributed by atoms with Crippen LogP contribution >= 0.6 is 11.8 Å². The van der Waals surface area contributed by atoms with Gasteiger partial charge in [0.15, 0.2) is 11.5 Å². The Balaban J connectivity index is 1.67. The maximum absolute atomic E-state index is 14.0. The first kappa shape index (κ1) is 23.5. The fourth-order valence-corrected chi connectivity index (χ4v) is 5.03. The predicted molar refractivity (Wildman–Crippen MR) is 125 cm³/mol. The van der Waals surface area contributed by atoms with E-state index < -0.39 is 27.1 Å². The minimum absolute atomic E-state index is 0.0385. The van der Waals surface area contributed by atoms with Gasteiger partial charge in [0, 0.05) is 11.1 Å². The van der Waals surface area contributed by atoms with Crippen LogP contribution in [0, 0.1) is 5.82 Å². The molecule has 3 aromatic rings. The van der Waals surface area contributed by atoms with E-state index in [9.17, 15) is 22.4 Å². The molecule has 3 aromatic carbocycles. The zero-order chi connectivity index (χ0) is 24.3. The number of hydrogen-bond donors (Lipinski definition) is 0. The topological polar surface area (TPSA) is 90.0 Å². The summed E-state index contributed by atoms with van der Waals surface area (Å²) in [5.74, 6) is -1.16. The van der Waals surface area contributed by atoms with Crippen molar-refractivity contribution in [2.45, 2.75) is 11.4 Å². The Bertz CT molecular complexity index is 1390. The summed E-state index contributed by atoms with van der Waals surface area (Å²) in [6.07, 6.45) is 1.35. The second-order valence-corrected chi connectivity index (χ2v) is 9.63. The average molecular weight is 500 g/mol. The van der Waals surface area contributed by atoms with Crippen LogP contribution in [0.4, 0.5) is 9.18 Å². The van der Waals surface area contributed by atoms with Crippen molar-refractivity contribution in [2.24, 2.45) is 0 Å². The van der Waals surface area contributed by atoms with Crippen LogP contribution in [0.1, 0.15) is 11.1 Å². The van der Waals surface area contributed by atoms with Gasteiger partial charge in [0.25, 0.3) is 11.1 Å². The largest absolute Gasteiger partial charge is 0.493 e. The van der Waals surface area contributed by atoms with E-state index in [1.165, 1.54) is 55.7 Å². The Morgan fingerprint density at radius 1 is 0.971 bits per heavy atom. The third-order valence-corrected chi connectivity index (χ3v) is 7.04. The molecule has 174 valence electrons. The summed E-state index contributed by atoms with van der Waals surface area (Å²) in [4.78, 5) is 26.3. The van der Waals surface area contributed by atoms with E-state index in [2.05, 4.69) is 0 Å². The summed E-state index contributed by atoms with van der Waals surface area (Å²) >= 11 is 0.669. The molecule has 7 nitrogen and oxygen atoms in total. The third kappa shape index (κ3) is 4.82. The molecular weight excluding hydrogens is 481 g/mol. The third-order valence-electron chi connectivity index (χ3n) is 4.90. The number of hydrogen-bond acceptors (Lipinski definition) is 7. The van der Waals surface area contributed by atoms with Crippen LogP contribution in [-0.4, -0.2) is 31.6 Å². The first-order valence-electron chi connectivity index (χ1n) is 9.95. The standard InChI is InChI=1S/C24H18FNO6S2/c1-31-20-13-7-9-16(22(20)32-34(29,30)18-10-3-2-4-11-18)14-21-23(27)26(24(28)33-21)15-17-8-5-6-12-19(17)25/h2-14H,15H2,1H3/b21-14-. The van der Waals surface area contributed by atoms with Crippen LogP contribution < -0.4 is 8.92 Å². The number of para-hydroxylation sites is 1. The number of imide groups is 1. The number of ether oxygens (including phenoxy) is 1. The highest BCUT2D eigenvalue weighted by Crippen LogP contribution is 2.39. The number of benzene rings is 3. The number of amides is 2. The van der Waals surface area contributed by atoms with Crippen LogP contribution in [0.15, 0.2) is 82.6 Å². The van der Waals surface area contributed by atoms with Gasteiger partial charge in [-0.1, -0.05) is 48.5 Å². The fourth-order valence-electron chi connectivity index (χ4n) is 3.22. The van der Waals surface area contributed by atoms with Crippen LogP contribution in [-0.2, 0) is 21.5 Å². The normalized spacial score (nSPS) is 15.1. The number of methoxy groups -OCH3 is 1. The monoisotopic (exact) mass is 499 g/mol. The first-order valence-corrected chi connectivity index (χ1v) is 12.2. The van der Waals surface area contributed by atoms with E-state index in [1.807, 2.05) is 0 Å². The van der Waals surface area contributed by atoms with Crippen molar-refractivity contribution in [3.05, 3.63) is 94.6 Å². The van der Waals surface area contributed by atoms with E-state index in [1.54, 1.807) is 30.3 Å². The molecule has 0 aromatic heterocycles. The molecule has 0 bridgehead atoms. The van der Waals surface area contributed by atoms with E-state index in [0.717, 1.165) is 4.90 Å². The van der Waals surface area contributed by atoms with Crippen LogP contribution in [0.3, 0.4) is 0 Å². The van der Waals surface area contributed by atoms with Crippen LogP contribution in [0.2, 0.25) is 0 Å². The number of halogens is 1. The lowest BCUT2D eigenvalue weighted by molar-refractivity contribution is -0.123. The molecule has 0 spiro atoms. The summed E-state index contributed by atoms with van der Waals surface area (Å²) in [5, 5.41) is -0.568. The van der Waals surface area contributed by atoms with Gasteiger partial charge in [-0.15, -0.1) is 0 Å². The molecular formula is C24H18FNO6S2. The van der Waals surface area contributed by atoms with Gasteiger partial charge in [-0.2, -0.15) is 8.42 Å². The van der Waals surface area contributed by atoms with E-state index in [0.29, 0.717) is 11.8 Å². The Kier molecular flexibility index (Phi) is 6.71. The molecule has 4 rings (SSSR count). The van der Waals surface area contributed by atoms with Gasteiger partial charge in [-0.25, -0.2) is 4.39 Å². The highest BCUT2D eigenvalue weighted by atomic mass is 32.2. The summed E-state index contributed by atoms with van der Waals surface area (Å²) in [6.45, 7) is -0.224. The van der Waals surface area contributed by atoms with Crippen molar-refractivity contribution < 1.29 is 31.3 Å². The molecule has 1 aliphatic rings. The lowest BCUT2D eigenvalue weighted by Crippen LogP contribution is -2.27. The number of carbonyl (C=O) groups is 2. The van der Waals surface area contributed by atoms with Crippen LogP contribution in [0.5, 0.6) is 11.5 Å². The molecule has 0 radical (unpaired) electrons. The second-order valence-electron chi connectivity index (χ2n) is 7.09. The fraction of sp³-hybridized carbons (Fsp3) is 0.0833. The average Bonchev–Trinajstić information content (AvgIpc) is 3.09. The number of carbonyl (C=O) groups excluding carboxylic acids is 2. The molecule has 10 heteroatoms. The SMILES string of the molecule is COc1cccc(/C=C2\SC(=O)N(Cc3ccccc3F)C2=O)c1OS(=O)(=O)c1ccccc1. The minimum Gasteiger partial charge on any atom is -0.493 e. The van der Waals surface area contributed by atoms with Crippen molar-refractivity contribution in [3.63, 3.8) is 0 Å². The molecule has 2 amide bonds. The Morgan fingerprint density at radius 2 is 1.68 bits per heavy atom. The number of nitrogens with zero attached hydrogens (tertiary/aromatic N) is 1. The molecule has 1 heterocycles. The molecule has 0 atom stereocenters. The van der Waals surface area contributed by atoms with Gasteiger partial charge in [0.05, 0.1) is 18.6 Å². The van der Waals surface area contributed by atoms with Crippen molar-refractivity contribution in [3.8, 4) is 11.5 Å². The minimum atomic E-state index is -4.20. The van der Waals surface area contributed by atoms with Gasteiger partial charge in [0.2, 0.25) is 0 Å². The van der Waals surface area contributed by atoms with Crippen molar-refractivity contribution in [2.75, 3.05) is 7.11 Å². The molecule has 1 saturated heterocycles. The van der Waals surface area contributed by atoms with E-state index in [-0.39, 0.29) is 39.0 Å². The second kappa shape index (κ2) is 9.70. The lowest BCUT2D eigenvalue weighted by Gasteiger charge is -2.14. The highest BCUT2D eigenvalue weighted by molar-refractivity contribution is 8.18. The maximum atomic E-state index is 14.0.